The zero-order valence-electron chi connectivity index (χ0n) is 21.2. The van der Waals surface area contributed by atoms with E-state index in [1.807, 2.05) is 18.4 Å². The third-order valence-corrected chi connectivity index (χ3v) is 6.34. The van der Waals surface area contributed by atoms with E-state index in [1.165, 1.54) is 12.3 Å². The predicted octanol–water partition coefficient (Wildman–Crippen LogP) is 3.63. The molecular formula is C26H27F2N7O3. The van der Waals surface area contributed by atoms with Crippen molar-refractivity contribution in [2.45, 2.75) is 32.9 Å². The molecule has 0 unspecified atom stereocenters. The van der Waals surface area contributed by atoms with Gasteiger partial charge in [-0.25, -0.2) is 28.7 Å². The highest BCUT2D eigenvalue weighted by Crippen LogP contribution is 2.30. The van der Waals surface area contributed by atoms with Crippen molar-refractivity contribution in [2.75, 3.05) is 31.6 Å². The van der Waals surface area contributed by atoms with E-state index in [-0.39, 0.29) is 41.3 Å². The van der Waals surface area contributed by atoms with Gasteiger partial charge in [-0.3, -0.25) is 4.79 Å². The van der Waals surface area contributed by atoms with Gasteiger partial charge >= 0.3 is 0 Å². The Labute approximate surface area is 217 Å². The molecule has 5 rings (SSSR count). The Morgan fingerprint density at radius 1 is 1.18 bits per heavy atom. The number of nitrogens with zero attached hydrogens (tertiary/aromatic N) is 6. The molecule has 1 atom stereocenters. The van der Waals surface area contributed by atoms with E-state index in [4.69, 9.17) is 4.74 Å². The number of carbonyl (C=O) groups excluding carboxylic acids is 1. The van der Waals surface area contributed by atoms with Crippen LogP contribution in [0, 0.1) is 18.6 Å². The number of hydrogen-bond acceptors (Lipinski definition) is 8. The first-order valence-corrected chi connectivity index (χ1v) is 12.2. The SMILES string of the molecule is Cc1nc2c(F)cc(-c3nc(Nc4ccc(C(=O)N5CCO[C@@H](CO)C5)cn4)ncc3F)cc2n1C(C)C. The van der Waals surface area contributed by atoms with Crippen molar-refractivity contribution in [3.63, 3.8) is 0 Å². The molecule has 198 valence electrons. The topological polar surface area (TPSA) is 118 Å². The van der Waals surface area contributed by atoms with Crippen LogP contribution in [0.5, 0.6) is 0 Å². The van der Waals surface area contributed by atoms with Gasteiger partial charge in [0.15, 0.2) is 11.6 Å². The molecule has 1 aromatic carbocycles. The average molecular weight is 524 g/mol. The van der Waals surface area contributed by atoms with Crippen LogP contribution in [-0.2, 0) is 4.74 Å². The van der Waals surface area contributed by atoms with Gasteiger partial charge in [0.05, 0.1) is 36.6 Å². The summed E-state index contributed by atoms with van der Waals surface area (Å²) >= 11 is 0. The molecule has 1 fully saturated rings. The molecule has 3 aromatic heterocycles. The number of anilines is 2. The normalized spacial score (nSPS) is 15.9. The number of amides is 1. The molecule has 0 radical (unpaired) electrons. The number of pyridine rings is 1. The van der Waals surface area contributed by atoms with Crippen molar-refractivity contribution in [3.8, 4) is 11.3 Å². The van der Waals surface area contributed by atoms with Gasteiger partial charge in [-0.1, -0.05) is 0 Å². The number of halogens is 2. The number of morpholine rings is 1. The molecule has 0 aliphatic carbocycles. The number of nitrogens with one attached hydrogen (secondary N) is 1. The lowest BCUT2D eigenvalue weighted by Crippen LogP contribution is -2.46. The Hall–Kier alpha value is -4.03. The van der Waals surface area contributed by atoms with Crippen molar-refractivity contribution < 1.29 is 23.4 Å². The summed E-state index contributed by atoms with van der Waals surface area (Å²) in [4.78, 5) is 31.2. The first kappa shape index (κ1) is 25.6. The highest BCUT2D eigenvalue weighted by molar-refractivity contribution is 5.94. The highest BCUT2D eigenvalue weighted by Gasteiger charge is 2.25. The fourth-order valence-electron chi connectivity index (χ4n) is 4.59. The Morgan fingerprint density at radius 3 is 2.71 bits per heavy atom. The highest BCUT2D eigenvalue weighted by atomic mass is 19.1. The van der Waals surface area contributed by atoms with E-state index in [1.54, 1.807) is 30.0 Å². The Balaban J connectivity index is 1.39. The average Bonchev–Trinajstić information content (AvgIpc) is 3.26. The van der Waals surface area contributed by atoms with Gasteiger partial charge in [0.25, 0.3) is 5.91 Å². The first-order valence-electron chi connectivity index (χ1n) is 12.2. The molecule has 4 heterocycles. The maximum atomic E-state index is 14.9. The standard InChI is InChI=1S/C26H27F2N7O3/c1-14(2)35-15(3)31-24-19(27)8-17(9-21(24)35)23-20(28)11-30-26(33-23)32-22-5-4-16(10-29-22)25(37)34-6-7-38-18(12-34)13-36/h4-5,8-11,14,18,36H,6-7,12-13H2,1-3H3,(H,29,30,32,33)/t18-/m1/s1. The van der Waals surface area contributed by atoms with E-state index in [9.17, 15) is 18.7 Å². The van der Waals surface area contributed by atoms with Gasteiger partial charge in [0.2, 0.25) is 5.95 Å². The smallest absolute Gasteiger partial charge is 0.255 e. The molecule has 1 aliphatic rings. The summed E-state index contributed by atoms with van der Waals surface area (Å²) in [6.45, 7) is 6.63. The van der Waals surface area contributed by atoms with E-state index in [0.717, 1.165) is 6.20 Å². The van der Waals surface area contributed by atoms with Gasteiger partial charge < -0.3 is 24.6 Å². The van der Waals surface area contributed by atoms with E-state index in [2.05, 4.69) is 25.3 Å². The van der Waals surface area contributed by atoms with Crippen LogP contribution < -0.4 is 5.32 Å². The van der Waals surface area contributed by atoms with Gasteiger partial charge in [-0.2, -0.15) is 0 Å². The molecule has 38 heavy (non-hydrogen) atoms. The van der Waals surface area contributed by atoms with Gasteiger partial charge in [-0.15, -0.1) is 0 Å². The fraction of sp³-hybridized carbons (Fsp3) is 0.346. The molecule has 1 saturated heterocycles. The molecule has 10 nitrogen and oxygen atoms in total. The van der Waals surface area contributed by atoms with Crippen LogP contribution in [0.1, 0.15) is 36.1 Å². The maximum Gasteiger partial charge on any atom is 0.255 e. The molecule has 1 amide bonds. The summed E-state index contributed by atoms with van der Waals surface area (Å²) in [7, 11) is 0. The van der Waals surface area contributed by atoms with Crippen LogP contribution in [0.4, 0.5) is 20.5 Å². The first-order chi connectivity index (χ1) is 18.2. The third-order valence-electron chi connectivity index (χ3n) is 6.34. The van der Waals surface area contributed by atoms with Crippen molar-refractivity contribution in [3.05, 3.63) is 59.7 Å². The van der Waals surface area contributed by atoms with Crippen LogP contribution in [0.25, 0.3) is 22.3 Å². The molecule has 1 aliphatic heterocycles. The maximum absolute atomic E-state index is 14.9. The van der Waals surface area contributed by atoms with Crippen molar-refractivity contribution >= 4 is 28.7 Å². The number of hydrogen-bond donors (Lipinski definition) is 2. The number of aryl methyl sites for hydroxylation is 1. The second-order valence-electron chi connectivity index (χ2n) is 9.32. The van der Waals surface area contributed by atoms with Crippen LogP contribution in [0.15, 0.2) is 36.7 Å². The minimum absolute atomic E-state index is 0.0300. The number of aliphatic hydroxyl groups is 1. The summed E-state index contributed by atoms with van der Waals surface area (Å²) < 4.78 is 37.0. The number of aromatic nitrogens is 5. The zero-order chi connectivity index (χ0) is 27.0. The number of fused-ring (bicyclic) bond motifs is 1. The van der Waals surface area contributed by atoms with Crippen LogP contribution >= 0.6 is 0 Å². The molecule has 0 saturated carbocycles. The monoisotopic (exact) mass is 523 g/mol. The van der Waals surface area contributed by atoms with Crippen molar-refractivity contribution in [1.82, 2.24) is 29.4 Å². The minimum Gasteiger partial charge on any atom is -0.394 e. The number of imidazole rings is 1. The lowest BCUT2D eigenvalue weighted by Gasteiger charge is -2.32. The lowest BCUT2D eigenvalue weighted by atomic mass is 10.1. The van der Waals surface area contributed by atoms with E-state index >= 15 is 0 Å². The predicted molar refractivity (Wildman–Crippen MR) is 136 cm³/mol. The van der Waals surface area contributed by atoms with Crippen molar-refractivity contribution in [1.29, 1.82) is 0 Å². The molecular weight excluding hydrogens is 496 g/mol. The molecule has 4 aromatic rings. The Morgan fingerprint density at radius 2 is 2.00 bits per heavy atom. The third kappa shape index (κ3) is 4.92. The summed E-state index contributed by atoms with van der Waals surface area (Å²) in [5, 5.41) is 12.2. The lowest BCUT2D eigenvalue weighted by molar-refractivity contribution is -0.0447. The number of benzene rings is 1. The summed E-state index contributed by atoms with van der Waals surface area (Å²) in [5.74, 6) is -0.446. The zero-order valence-corrected chi connectivity index (χ0v) is 21.2. The van der Waals surface area contributed by atoms with Gasteiger partial charge in [-0.05, 0) is 45.0 Å². The summed E-state index contributed by atoms with van der Waals surface area (Å²) in [6, 6.07) is 6.09. The fourth-order valence-corrected chi connectivity index (χ4v) is 4.59. The minimum atomic E-state index is -0.706. The second-order valence-corrected chi connectivity index (χ2v) is 9.32. The molecule has 12 heteroatoms. The van der Waals surface area contributed by atoms with Gasteiger partial charge in [0, 0.05) is 30.9 Å². The number of rotatable bonds is 6. The molecule has 0 bridgehead atoms. The van der Waals surface area contributed by atoms with Gasteiger partial charge in [0.1, 0.15) is 22.9 Å². The van der Waals surface area contributed by atoms with Crippen LogP contribution in [0.3, 0.4) is 0 Å². The van der Waals surface area contributed by atoms with Crippen molar-refractivity contribution in [2.24, 2.45) is 0 Å². The van der Waals surface area contributed by atoms with Crippen LogP contribution in [0.2, 0.25) is 0 Å². The second kappa shape index (κ2) is 10.4. The summed E-state index contributed by atoms with van der Waals surface area (Å²) in [5.41, 5.74) is 1.31. The largest absolute Gasteiger partial charge is 0.394 e. The Kier molecular flexibility index (Phi) is 7.00. The Bertz CT molecular complexity index is 1490. The number of ether oxygens (including phenoxy) is 1. The van der Waals surface area contributed by atoms with Crippen LogP contribution in [-0.4, -0.2) is 72.8 Å². The van der Waals surface area contributed by atoms with E-state index in [0.29, 0.717) is 42.4 Å². The molecule has 0 spiro atoms. The number of aliphatic hydroxyl groups excluding tert-OH is 1. The van der Waals surface area contributed by atoms with E-state index < -0.39 is 17.7 Å². The number of carbonyl (C=O) groups is 1. The quantitative estimate of drug-likeness (QED) is 0.393. The molecule has 2 N–H and O–H groups in total. The summed E-state index contributed by atoms with van der Waals surface area (Å²) in [6.07, 6.45) is 2.01.